The van der Waals surface area contributed by atoms with Gasteiger partial charge in [-0.25, -0.2) is 0 Å². The first-order chi connectivity index (χ1) is 15.0. The maximum absolute atomic E-state index is 11.9. The van der Waals surface area contributed by atoms with Crippen molar-refractivity contribution in [3.05, 3.63) is 24.3 Å². The van der Waals surface area contributed by atoms with Gasteiger partial charge in [-0.05, 0) is 38.5 Å². The van der Waals surface area contributed by atoms with E-state index >= 15 is 0 Å². The number of aliphatic hydroxyl groups excluding tert-OH is 4. The van der Waals surface area contributed by atoms with E-state index in [1.165, 1.54) is 25.7 Å². The van der Waals surface area contributed by atoms with E-state index in [4.69, 9.17) is 14.6 Å². The normalized spacial score (nSPS) is 26.7. The molecule has 31 heavy (non-hydrogen) atoms. The number of rotatable bonds is 16. The zero-order valence-corrected chi connectivity index (χ0v) is 18.9. The standard InChI is InChI=1S/C24H42O7/c1-2-3-4-5-6-7-8-9-10-11-12-13-14-15-16-17-20(26)31-24-23(29)22(28)21(27)19(18-25)30-24/h6-7,9-10,19,21-25,27-29H,2-5,8,11-18H2,1H3/t19-,21-,22+,23-,24+/m1/s1. The molecule has 0 saturated carbocycles. The van der Waals surface area contributed by atoms with E-state index in [9.17, 15) is 20.1 Å². The summed E-state index contributed by atoms with van der Waals surface area (Å²) < 4.78 is 10.2. The fourth-order valence-electron chi connectivity index (χ4n) is 3.43. The van der Waals surface area contributed by atoms with Crippen LogP contribution in [0.15, 0.2) is 24.3 Å². The molecule has 0 bridgehead atoms. The van der Waals surface area contributed by atoms with Crippen LogP contribution in [0.3, 0.4) is 0 Å². The molecule has 4 N–H and O–H groups in total. The van der Waals surface area contributed by atoms with Crippen molar-refractivity contribution in [2.75, 3.05) is 6.61 Å². The number of aliphatic hydroxyl groups is 4. The summed E-state index contributed by atoms with van der Waals surface area (Å²) in [6.45, 7) is 1.67. The first-order valence-corrected chi connectivity index (χ1v) is 11.8. The minimum absolute atomic E-state index is 0.194. The van der Waals surface area contributed by atoms with Gasteiger partial charge in [0, 0.05) is 6.42 Å². The third-order valence-corrected chi connectivity index (χ3v) is 5.43. The van der Waals surface area contributed by atoms with Crippen LogP contribution in [0.25, 0.3) is 0 Å². The number of hydrogen-bond acceptors (Lipinski definition) is 7. The van der Waals surface area contributed by atoms with Crippen molar-refractivity contribution in [2.24, 2.45) is 0 Å². The number of esters is 1. The minimum atomic E-state index is -1.55. The summed E-state index contributed by atoms with van der Waals surface area (Å²) in [6.07, 6.45) is 14.1. The van der Waals surface area contributed by atoms with Gasteiger partial charge in [0.05, 0.1) is 6.61 Å². The topological polar surface area (TPSA) is 116 Å². The molecular weight excluding hydrogens is 400 g/mol. The predicted molar refractivity (Wildman–Crippen MR) is 119 cm³/mol. The predicted octanol–water partition coefficient (Wildman–Crippen LogP) is 3.14. The van der Waals surface area contributed by atoms with Gasteiger partial charge < -0.3 is 29.9 Å². The van der Waals surface area contributed by atoms with Crippen molar-refractivity contribution >= 4 is 5.97 Å². The van der Waals surface area contributed by atoms with E-state index in [2.05, 4.69) is 31.2 Å². The highest BCUT2D eigenvalue weighted by molar-refractivity contribution is 5.69. The third-order valence-electron chi connectivity index (χ3n) is 5.43. The lowest BCUT2D eigenvalue weighted by atomic mass is 9.99. The highest BCUT2D eigenvalue weighted by Crippen LogP contribution is 2.22. The van der Waals surface area contributed by atoms with Crippen LogP contribution in [0.5, 0.6) is 0 Å². The highest BCUT2D eigenvalue weighted by atomic mass is 16.7. The maximum atomic E-state index is 11.9. The molecule has 1 saturated heterocycles. The molecule has 0 aromatic rings. The van der Waals surface area contributed by atoms with E-state index in [0.29, 0.717) is 6.42 Å². The summed E-state index contributed by atoms with van der Waals surface area (Å²) in [6, 6.07) is 0. The van der Waals surface area contributed by atoms with E-state index in [-0.39, 0.29) is 6.42 Å². The van der Waals surface area contributed by atoms with Crippen molar-refractivity contribution in [2.45, 2.75) is 115 Å². The Morgan fingerprint density at radius 3 is 2.10 bits per heavy atom. The van der Waals surface area contributed by atoms with Crippen LogP contribution < -0.4 is 0 Å². The van der Waals surface area contributed by atoms with Crippen LogP contribution in [0.2, 0.25) is 0 Å². The average Bonchev–Trinajstić information content (AvgIpc) is 2.76. The summed E-state index contributed by atoms with van der Waals surface area (Å²) >= 11 is 0. The molecule has 0 aromatic heterocycles. The average molecular weight is 443 g/mol. The molecule has 1 aliphatic heterocycles. The smallest absolute Gasteiger partial charge is 0.308 e. The molecule has 7 heteroatoms. The first-order valence-electron chi connectivity index (χ1n) is 11.8. The van der Waals surface area contributed by atoms with Crippen molar-refractivity contribution in [1.82, 2.24) is 0 Å². The SMILES string of the molecule is CCCCCC=CCC=CCCCCCCCC(=O)O[C@@H]1O[C@H](CO)[C@@H](O)[C@H](O)[C@H]1O. The van der Waals surface area contributed by atoms with Gasteiger partial charge in [0.25, 0.3) is 0 Å². The molecule has 0 unspecified atom stereocenters. The van der Waals surface area contributed by atoms with Crippen molar-refractivity contribution < 1.29 is 34.7 Å². The van der Waals surface area contributed by atoms with Gasteiger partial charge in [-0.1, -0.05) is 63.3 Å². The molecular formula is C24H42O7. The van der Waals surface area contributed by atoms with Gasteiger partial charge in [-0.3, -0.25) is 4.79 Å². The van der Waals surface area contributed by atoms with Crippen LogP contribution in [0.4, 0.5) is 0 Å². The molecule has 180 valence electrons. The fourth-order valence-corrected chi connectivity index (χ4v) is 3.43. The van der Waals surface area contributed by atoms with Gasteiger partial charge in [-0.15, -0.1) is 0 Å². The second kappa shape index (κ2) is 17.3. The molecule has 0 aliphatic carbocycles. The van der Waals surface area contributed by atoms with E-state index < -0.39 is 43.3 Å². The number of ether oxygens (including phenoxy) is 2. The number of hydrogen-bond donors (Lipinski definition) is 4. The Labute approximate surface area is 186 Å². The zero-order valence-electron chi connectivity index (χ0n) is 18.9. The lowest BCUT2D eigenvalue weighted by Crippen LogP contribution is -2.59. The molecule has 0 radical (unpaired) electrons. The largest absolute Gasteiger partial charge is 0.433 e. The third kappa shape index (κ3) is 11.8. The van der Waals surface area contributed by atoms with Crippen molar-refractivity contribution in [1.29, 1.82) is 0 Å². The molecule has 0 spiro atoms. The van der Waals surface area contributed by atoms with E-state index in [0.717, 1.165) is 38.5 Å². The second-order valence-electron chi connectivity index (χ2n) is 8.17. The molecule has 0 amide bonds. The Hall–Kier alpha value is -1.25. The highest BCUT2D eigenvalue weighted by Gasteiger charge is 2.45. The number of unbranched alkanes of at least 4 members (excludes halogenated alkanes) is 8. The lowest BCUT2D eigenvalue weighted by molar-refractivity contribution is -0.292. The van der Waals surface area contributed by atoms with Gasteiger partial charge >= 0.3 is 5.97 Å². The van der Waals surface area contributed by atoms with Crippen LogP contribution in [-0.4, -0.2) is 63.7 Å². The van der Waals surface area contributed by atoms with Gasteiger partial charge in [0.15, 0.2) is 0 Å². The molecule has 7 nitrogen and oxygen atoms in total. The van der Waals surface area contributed by atoms with Crippen LogP contribution in [0, 0.1) is 0 Å². The van der Waals surface area contributed by atoms with Crippen molar-refractivity contribution in [3.63, 3.8) is 0 Å². The number of carbonyl (C=O) groups is 1. The Bertz CT molecular complexity index is 518. The monoisotopic (exact) mass is 442 g/mol. The molecule has 1 aliphatic rings. The molecule has 0 aromatic carbocycles. The summed E-state index contributed by atoms with van der Waals surface area (Å²) in [5, 5.41) is 38.4. The molecule has 1 fully saturated rings. The van der Waals surface area contributed by atoms with E-state index in [1.807, 2.05) is 0 Å². The van der Waals surface area contributed by atoms with Gasteiger partial charge in [0.2, 0.25) is 6.29 Å². The Morgan fingerprint density at radius 2 is 1.45 bits per heavy atom. The van der Waals surface area contributed by atoms with Crippen LogP contribution in [-0.2, 0) is 14.3 Å². The first kappa shape index (κ1) is 27.8. The Balaban J connectivity index is 2.03. The summed E-state index contributed by atoms with van der Waals surface area (Å²) in [4.78, 5) is 11.9. The summed E-state index contributed by atoms with van der Waals surface area (Å²) in [7, 11) is 0. The second-order valence-corrected chi connectivity index (χ2v) is 8.17. The zero-order chi connectivity index (χ0) is 22.9. The Kier molecular flexibility index (Phi) is 15.5. The number of carbonyl (C=O) groups excluding carboxylic acids is 1. The summed E-state index contributed by atoms with van der Waals surface area (Å²) in [5.41, 5.74) is 0. The molecule has 5 atom stereocenters. The van der Waals surface area contributed by atoms with Crippen molar-refractivity contribution in [3.8, 4) is 0 Å². The van der Waals surface area contributed by atoms with Gasteiger partial charge in [0.1, 0.15) is 24.4 Å². The van der Waals surface area contributed by atoms with E-state index in [1.54, 1.807) is 0 Å². The lowest BCUT2D eigenvalue weighted by Gasteiger charge is -2.39. The van der Waals surface area contributed by atoms with Crippen LogP contribution >= 0.6 is 0 Å². The fraction of sp³-hybridized carbons (Fsp3) is 0.792. The minimum Gasteiger partial charge on any atom is -0.433 e. The Morgan fingerprint density at radius 1 is 0.839 bits per heavy atom. The number of allylic oxidation sites excluding steroid dienone is 4. The summed E-state index contributed by atoms with van der Waals surface area (Å²) in [5.74, 6) is -0.532. The van der Waals surface area contributed by atoms with Crippen LogP contribution in [0.1, 0.15) is 84.0 Å². The maximum Gasteiger partial charge on any atom is 0.308 e. The molecule has 1 rings (SSSR count). The quantitative estimate of drug-likeness (QED) is 0.165. The molecule has 1 heterocycles. The van der Waals surface area contributed by atoms with Gasteiger partial charge in [-0.2, -0.15) is 0 Å².